The van der Waals surface area contributed by atoms with Crippen LogP contribution in [0.1, 0.15) is 24.8 Å². The molecule has 2 aliphatic carbocycles. The van der Waals surface area contributed by atoms with Gasteiger partial charge in [-0.2, -0.15) is 0 Å². The fourth-order valence-corrected chi connectivity index (χ4v) is 3.99. The van der Waals surface area contributed by atoms with Crippen LogP contribution in [-0.2, 0) is 6.42 Å². The lowest BCUT2D eigenvalue weighted by Crippen LogP contribution is -2.32. The molecule has 0 bridgehead atoms. The molecule has 72 valence electrons. The molecule has 2 aliphatic rings. The summed E-state index contributed by atoms with van der Waals surface area (Å²) in [6, 6.07) is 4.45. The van der Waals surface area contributed by atoms with Crippen LogP contribution in [0, 0.1) is 0 Å². The summed E-state index contributed by atoms with van der Waals surface area (Å²) in [6.45, 7) is 0. The molecular weight excluding hydrogens is 304 g/mol. The van der Waals surface area contributed by atoms with Crippen molar-refractivity contribution >= 4 is 41.9 Å². The van der Waals surface area contributed by atoms with Crippen molar-refractivity contribution in [1.82, 2.24) is 0 Å². The van der Waals surface area contributed by atoms with Gasteiger partial charge in [0.2, 0.25) is 0 Å². The molecule has 2 heteroatoms. The van der Waals surface area contributed by atoms with Crippen LogP contribution in [0.2, 0.25) is 0 Å². The lowest BCUT2D eigenvalue weighted by Gasteiger charge is -2.10. The van der Waals surface area contributed by atoms with E-state index in [4.69, 9.17) is 0 Å². The lowest BCUT2D eigenvalue weighted by atomic mass is 10.0. The smallest absolute Gasteiger partial charge is 0.0261 e. The average molecular weight is 314 g/mol. The van der Waals surface area contributed by atoms with Gasteiger partial charge in [-0.05, 0) is 42.5 Å². The molecule has 0 N–H and O–H groups in total. The van der Waals surface area contributed by atoms with Gasteiger partial charge >= 0.3 is 0 Å². The van der Waals surface area contributed by atoms with Gasteiger partial charge in [0.15, 0.2) is 0 Å². The van der Waals surface area contributed by atoms with Crippen molar-refractivity contribution in [2.75, 3.05) is 0 Å². The molecule has 0 saturated heterocycles. The quantitative estimate of drug-likeness (QED) is 0.691. The van der Waals surface area contributed by atoms with Gasteiger partial charge in [-0.3, -0.25) is 0 Å². The Bertz CT molecular complexity index is 526. The number of aryl methyl sites for hydroxylation is 1. The van der Waals surface area contributed by atoms with Crippen molar-refractivity contribution in [3.05, 3.63) is 32.6 Å². The second-order valence-electron chi connectivity index (χ2n) is 3.96. The number of benzene rings is 1. The van der Waals surface area contributed by atoms with Crippen molar-refractivity contribution < 1.29 is 0 Å². The Morgan fingerprint density at radius 1 is 0.857 bits per heavy atom. The monoisotopic (exact) mass is 312 g/mol. The molecule has 1 aromatic carbocycles. The van der Waals surface area contributed by atoms with Gasteiger partial charge in [-0.1, -0.05) is 43.5 Å². The third-order valence-corrected chi connectivity index (χ3v) is 4.66. The van der Waals surface area contributed by atoms with E-state index in [0.29, 0.717) is 0 Å². The van der Waals surface area contributed by atoms with E-state index in [2.05, 4.69) is 44.0 Å². The van der Waals surface area contributed by atoms with Crippen LogP contribution in [0.25, 0.3) is 10.1 Å². The first kappa shape index (κ1) is 9.17. The van der Waals surface area contributed by atoms with Crippen LogP contribution in [0.15, 0.2) is 16.6 Å². The largest absolute Gasteiger partial charge is 0.0613 e. The predicted molar refractivity (Wildman–Crippen MR) is 66.7 cm³/mol. The van der Waals surface area contributed by atoms with Crippen LogP contribution in [-0.4, -0.2) is 0 Å². The van der Waals surface area contributed by atoms with E-state index in [9.17, 15) is 0 Å². The van der Waals surface area contributed by atoms with Gasteiger partial charge in [0.05, 0.1) is 0 Å². The minimum atomic E-state index is 1.17. The Labute approximate surface area is 100.0 Å². The number of halogens is 2. The predicted octanol–water partition coefficient (Wildman–Crippen LogP) is 2.84. The molecule has 0 aromatic heterocycles. The van der Waals surface area contributed by atoms with Gasteiger partial charge < -0.3 is 0 Å². The van der Waals surface area contributed by atoms with Crippen LogP contribution < -0.4 is 10.4 Å². The van der Waals surface area contributed by atoms with Crippen molar-refractivity contribution in [3.8, 4) is 0 Å². The first-order valence-corrected chi connectivity index (χ1v) is 6.54. The van der Waals surface area contributed by atoms with Gasteiger partial charge in [0.1, 0.15) is 0 Å². The van der Waals surface area contributed by atoms with E-state index in [1.165, 1.54) is 50.6 Å². The normalized spacial score (nSPS) is 18.7. The first-order valence-electron chi connectivity index (χ1n) is 4.95. The van der Waals surface area contributed by atoms with Crippen LogP contribution in [0.4, 0.5) is 0 Å². The van der Waals surface area contributed by atoms with Crippen LogP contribution in [0.3, 0.4) is 0 Å². The van der Waals surface area contributed by atoms with Crippen LogP contribution in [0.5, 0.6) is 0 Å². The van der Waals surface area contributed by atoms with Crippen molar-refractivity contribution in [1.29, 1.82) is 0 Å². The van der Waals surface area contributed by atoms with E-state index in [-0.39, 0.29) is 0 Å². The van der Waals surface area contributed by atoms with E-state index >= 15 is 0 Å². The van der Waals surface area contributed by atoms with E-state index in [1.54, 1.807) is 5.57 Å². The molecular formula is C12H10Br2. The molecule has 0 saturated carbocycles. The van der Waals surface area contributed by atoms with Crippen LogP contribution >= 0.6 is 31.9 Å². The summed E-state index contributed by atoms with van der Waals surface area (Å²) in [5.41, 5.74) is 3.20. The zero-order valence-corrected chi connectivity index (χ0v) is 10.9. The molecule has 0 radical (unpaired) electrons. The maximum atomic E-state index is 3.70. The Morgan fingerprint density at radius 3 is 2.50 bits per heavy atom. The maximum Gasteiger partial charge on any atom is 0.0261 e. The highest BCUT2D eigenvalue weighted by Crippen LogP contribution is 2.27. The average Bonchev–Trinajstić information content (AvgIpc) is 2.58. The molecule has 0 fully saturated rings. The number of hydrogen-bond donors (Lipinski definition) is 0. The second kappa shape index (κ2) is 3.21. The zero-order chi connectivity index (χ0) is 9.71. The maximum absolute atomic E-state index is 3.70. The molecule has 0 nitrogen and oxygen atoms in total. The number of rotatable bonds is 0. The van der Waals surface area contributed by atoms with E-state index < -0.39 is 0 Å². The fourth-order valence-electron chi connectivity index (χ4n) is 2.54. The summed E-state index contributed by atoms with van der Waals surface area (Å²) in [7, 11) is 0. The van der Waals surface area contributed by atoms with Crippen molar-refractivity contribution in [3.63, 3.8) is 0 Å². The molecule has 1 aromatic rings. The minimum Gasteiger partial charge on any atom is -0.0613 e. The SMILES string of the molecule is BrC1=c2c(Br)ccc3c2=C(CC1)CC3. The molecule has 0 atom stereocenters. The highest BCUT2D eigenvalue weighted by atomic mass is 79.9. The second-order valence-corrected chi connectivity index (χ2v) is 5.78. The molecule has 3 rings (SSSR count). The summed E-state index contributed by atoms with van der Waals surface area (Å²) in [5.74, 6) is 0. The van der Waals surface area contributed by atoms with E-state index in [0.717, 1.165) is 0 Å². The van der Waals surface area contributed by atoms with Gasteiger partial charge in [-0.25, -0.2) is 0 Å². The molecule has 0 spiro atoms. The topological polar surface area (TPSA) is 0 Å². The zero-order valence-electron chi connectivity index (χ0n) is 7.74. The Hall–Kier alpha value is -0.0800. The Balaban J connectivity index is 2.60. The van der Waals surface area contributed by atoms with Crippen molar-refractivity contribution in [2.45, 2.75) is 25.7 Å². The highest BCUT2D eigenvalue weighted by Gasteiger charge is 2.18. The van der Waals surface area contributed by atoms with Gasteiger partial charge in [-0.15, -0.1) is 0 Å². The minimum absolute atomic E-state index is 1.17. The van der Waals surface area contributed by atoms with Crippen molar-refractivity contribution in [2.24, 2.45) is 0 Å². The Kier molecular flexibility index (Phi) is 2.10. The van der Waals surface area contributed by atoms with E-state index in [1.807, 2.05) is 0 Å². The third kappa shape index (κ3) is 1.17. The number of hydrogen-bond acceptors (Lipinski definition) is 0. The summed E-state index contributed by atoms with van der Waals surface area (Å²) < 4.78 is 2.61. The molecule has 0 unspecified atom stereocenters. The summed E-state index contributed by atoms with van der Waals surface area (Å²) in [5, 5.41) is 2.96. The summed E-state index contributed by atoms with van der Waals surface area (Å²) >= 11 is 7.35. The Morgan fingerprint density at radius 2 is 1.64 bits per heavy atom. The standard InChI is InChI=1S/C12H10Br2/c13-9-5-3-7-1-2-8-4-6-10(14)12(9)11(7)8/h3,5H,1-2,4,6H2. The lowest BCUT2D eigenvalue weighted by molar-refractivity contribution is 0.987. The third-order valence-electron chi connectivity index (χ3n) is 3.21. The molecule has 0 heterocycles. The van der Waals surface area contributed by atoms with Gasteiger partial charge in [0.25, 0.3) is 0 Å². The molecule has 14 heavy (non-hydrogen) atoms. The highest BCUT2D eigenvalue weighted by molar-refractivity contribution is 9.15. The molecule has 0 aliphatic heterocycles. The summed E-state index contributed by atoms with van der Waals surface area (Å²) in [6.07, 6.45) is 4.94. The first-order chi connectivity index (χ1) is 6.77. The fraction of sp³-hybridized carbons (Fsp3) is 0.333. The summed E-state index contributed by atoms with van der Waals surface area (Å²) in [4.78, 5) is 0. The van der Waals surface area contributed by atoms with Gasteiger partial charge in [0, 0.05) is 14.2 Å². The molecule has 0 amide bonds.